The quantitative estimate of drug-likeness (QED) is 0.543. The molecule has 1 aromatic rings. The van der Waals surface area contributed by atoms with Gasteiger partial charge in [-0.25, -0.2) is 4.98 Å². The molecule has 0 saturated carbocycles. The second-order valence-electron chi connectivity index (χ2n) is 1.42. The Kier molecular flexibility index (Phi) is 1.52. The maximum atomic E-state index is 11.6. The lowest BCUT2D eigenvalue weighted by molar-refractivity contribution is -0.141. The molecule has 10 heavy (non-hydrogen) atoms. The standard InChI is InChI=1S/C4HF3N3/c5-4(6,7)3-1-9-10-2-8-3/h2H. The highest BCUT2D eigenvalue weighted by Crippen LogP contribution is 2.25. The Labute approximate surface area is 53.9 Å². The number of nitrogens with zero attached hydrogens (tertiary/aromatic N) is 3. The van der Waals surface area contributed by atoms with Crippen molar-refractivity contribution in [2.75, 3.05) is 0 Å². The fraction of sp³-hybridized carbons (Fsp3) is 0.250. The summed E-state index contributed by atoms with van der Waals surface area (Å²) in [6.45, 7) is 0. The summed E-state index contributed by atoms with van der Waals surface area (Å²) in [4.78, 5) is 2.90. The minimum atomic E-state index is -4.48. The van der Waals surface area contributed by atoms with Gasteiger partial charge in [-0.15, -0.1) is 10.2 Å². The molecule has 1 radical (unpaired) electrons. The van der Waals surface area contributed by atoms with Gasteiger partial charge in [0.1, 0.15) is 12.5 Å². The lowest BCUT2D eigenvalue weighted by Gasteiger charge is -2.00. The van der Waals surface area contributed by atoms with Gasteiger partial charge in [-0.05, 0) is 0 Å². The first-order valence-corrected chi connectivity index (χ1v) is 2.23. The third-order valence-corrected chi connectivity index (χ3v) is 0.721. The zero-order chi connectivity index (χ0) is 7.61. The number of aromatic nitrogens is 3. The van der Waals surface area contributed by atoms with Crippen LogP contribution in [0.1, 0.15) is 5.69 Å². The van der Waals surface area contributed by atoms with Crippen LogP contribution in [0.3, 0.4) is 0 Å². The van der Waals surface area contributed by atoms with Crippen LogP contribution in [0.2, 0.25) is 0 Å². The normalized spacial score (nSPS) is 11.5. The van der Waals surface area contributed by atoms with Crippen LogP contribution in [-0.2, 0) is 6.18 Å². The molecule has 6 heteroatoms. The Bertz CT molecular complexity index is 207. The molecule has 0 aliphatic heterocycles. The molecule has 0 aliphatic carbocycles. The second kappa shape index (κ2) is 2.20. The molecular weight excluding hydrogens is 147 g/mol. The number of halogens is 3. The molecule has 0 unspecified atom stereocenters. The molecule has 0 saturated heterocycles. The van der Waals surface area contributed by atoms with Gasteiger partial charge in [-0.3, -0.25) is 0 Å². The van der Waals surface area contributed by atoms with E-state index in [1.54, 1.807) is 6.20 Å². The lowest BCUT2D eigenvalue weighted by Crippen LogP contribution is -2.08. The van der Waals surface area contributed by atoms with Gasteiger partial charge in [0.2, 0.25) is 0 Å². The van der Waals surface area contributed by atoms with Crippen molar-refractivity contribution in [2.24, 2.45) is 0 Å². The summed E-state index contributed by atoms with van der Waals surface area (Å²) in [6.07, 6.45) is -2.14. The summed E-state index contributed by atoms with van der Waals surface area (Å²) in [7, 11) is 0. The smallest absolute Gasteiger partial charge is 0.228 e. The summed E-state index contributed by atoms with van der Waals surface area (Å²) in [6, 6.07) is 0. The van der Waals surface area contributed by atoms with E-state index in [0.29, 0.717) is 0 Å². The van der Waals surface area contributed by atoms with E-state index in [9.17, 15) is 13.2 Å². The van der Waals surface area contributed by atoms with Crippen LogP contribution in [0.25, 0.3) is 0 Å². The van der Waals surface area contributed by atoms with Gasteiger partial charge in [0.15, 0.2) is 5.69 Å². The Morgan fingerprint density at radius 1 is 1.40 bits per heavy atom. The van der Waals surface area contributed by atoms with Crippen molar-refractivity contribution in [3.05, 3.63) is 18.2 Å². The molecule has 0 aliphatic rings. The van der Waals surface area contributed by atoms with E-state index in [4.69, 9.17) is 0 Å². The third-order valence-electron chi connectivity index (χ3n) is 0.721. The zero-order valence-electron chi connectivity index (χ0n) is 4.55. The topological polar surface area (TPSA) is 38.7 Å². The molecule has 0 amide bonds. The summed E-state index contributed by atoms with van der Waals surface area (Å²) in [5, 5.41) is 5.94. The van der Waals surface area contributed by atoms with E-state index < -0.39 is 11.9 Å². The molecule has 3 nitrogen and oxygen atoms in total. The third kappa shape index (κ3) is 1.40. The average molecular weight is 148 g/mol. The average Bonchev–Trinajstić information content (AvgIpc) is 1.88. The van der Waals surface area contributed by atoms with E-state index >= 15 is 0 Å². The van der Waals surface area contributed by atoms with Gasteiger partial charge in [-0.1, -0.05) is 0 Å². The maximum Gasteiger partial charge on any atom is 0.435 e. The van der Waals surface area contributed by atoms with Gasteiger partial charge >= 0.3 is 6.18 Å². The molecule has 0 spiro atoms. The first kappa shape index (κ1) is 6.91. The predicted molar refractivity (Wildman–Crippen MR) is 23.7 cm³/mol. The Hall–Kier alpha value is -1.20. The van der Waals surface area contributed by atoms with Crippen molar-refractivity contribution in [1.29, 1.82) is 0 Å². The first-order valence-electron chi connectivity index (χ1n) is 2.23. The van der Waals surface area contributed by atoms with Gasteiger partial charge in [0.25, 0.3) is 0 Å². The number of hydrogen-bond acceptors (Lipinski definition) is 3. The minimum absolute atomic E-state index is 0.722. The summed E-state index contributed by atoms with van der Waals surface area (Å²) in [5.74, 6) is 0. The molecule has 1 aromatic heterocycles. The number of rotatable bonds is 0. The van der Waals surface area contributed by atoms with Crippen molar-refractivity contribution in [3.8, 4) is 0 Å². The van der Waals surface area contributed by atoms with Crippen molar-refractivity contribution in [1.82, 2.24) is 15.2 Å². The van der Waals surface area contributed by atoms with Crippen LogP contribution in [-0.4, -0.2) is 15.2 Å². The summed E-state index contributed by atoms with van der Waals surface area (Å²) < 4.78 is 34.9. The highest BCUT2D eigenvalue weighted by atomic mass is 19.4. The highest BCUT2D eigenvalue weighted by molar-refractivity contribution is 4.94. The summed E-state index contributed by atoms with van der Waals surface area (Å²) in [5.41, 5.74) is -1.15. The van der Waals surface area contributed by atoms with Crippen LogP contribution in [0.15, 0.2) is 6.33 Å². The molecule has 0 bridgehead atoms. The van der Waals surface area contributed by atoms with Crippen LogP contribution < -0.4 is 0 Å². The van der Waals surface area contributed by atoms with E-state index in [1.807, 2.05) is 0 Å². The molecule has 1 rings (SSSR count). The molecule has 0 aromatic carbocycles. The molecule has 53 valence electrons. The van der Waals surface area contributed by atoms with Gasteiger partial charge in [0, 0.05) is 0 Å². The molecular formula is C4HF3N3. The second-order valence-corrected chi connectivity index (χ2v) is 1.42. The number of alkyl halides is 3. The SMILES string of the molecule is FC(F)(F)c1[c]nncn1. The Morgan fingerprint density at radius 3 is 2.40 bits per heavy atom. The zero-order valence-corrected chi connectivity index (χ0v) is 4.55. The van der Waals surface area contributed by atoms with Crippen molar-refractivity contribution in [3.63, 3.8) is 0 Å². The van der Waals surface area contributed by atoms with E-state index in [1.165, 1.54) is 0 Å². The number of hydrogen-bond donors (Lipinski definition) is 0. The predicted octanol–water partition coefficient (Wildman–Crippen LogP) is 0.691. The monoisotopic (exact) mass is 148 g/mol. The minimum Gasteiger partial charge on any atom is -0.228 e. The van der Waals surface area contributed by atoms with Gasteiger partial charge in [-0.2, -0.15) is 13.2 Å². The van der Waals surface area contributed by atoms with Gasteiger partial charge in [0.05, 0.1) is 0 Å². The fourth-order valence-corrected chi connectivity index (χ4v) is 0.351. The molecule has 1 heterocycles. The molecule has 0 N–H and O–H groups in total. The first-order chi connectivity index (χ1) is 4.61. The van der Waals surface area contributed by atoms with E-state index in [0.717, 1.165) is 6.33 Å². The highest BCUT2D eigenvalue weighted by Gasteiger charge is 2.33. The van der Waals surface area contributed by atoms with Crippen LogP contribution in [0.5, 0.6) is 0 Å². The fourth-order valence-electron chi connectivity index (χ4n) is 0.351. The molecule has 0 fully saturated rings. The Morgan fingerprint density at radius 2 is 2.10 bits per heavy atom. The van der Waals surface area contributed by atoms with E-state index in [2.05, 4.69) is 15.2 Å². The van der Waals surface area contributed by atoms with Crippen molar-refractivity contribution in [2.45, 2.75) is 6.18 Å². The van der Waals surface area contributed by atoms with Crippen molar-refractivity contribution >= 4 is 0 Å². The van der Waals surface area contributed by atoms with Crippen LogP contribution >= 0.6 is 0 Å². The van der Waals surface area contributed by atoms with E-state index in [-0.39, 0.29) is 0 Å². The summed E-state index contributed by atoms with van der Waals surface area (Å²) >= 11 is 0. The maximum absolute atomic E-state index is 11.6. The largest absolute Gasteiger partial charge is 0.435 e. The lowest BCUT2D eigenvalue weighted by atomic mass is 10.5. The van der Waals surface area contributed by atoms with Crippen molar-refractivity contribution < 1.29 is 13.2 Å². The van der Waals surface area contributed by atoms with Gasteiger partial charge < -0.3 is 0 Å². The van der Waals surface area contributed by atoms with Crippen LogP contribution in [0, 0.1) is 6.20 Å². The van der Waals surface area contributed by atoms with Crippen LogP contribution in [0.4, 0.5) is 13.2 Å². The Balaban J connectivity index is 2.97. The molecule has 0 atom stereocenters.